The topological polar surface area (TPSA) is 142 Å². The molecule has 1 aromatic heterocycles. The molecule has 18 heavy (non-hydrogen) atoms. The Morgan fingerprint density at radius 3 is 2.50 bits per heavy atom. The van der Waals surface area contributed by atoms with Gasteiger partial charge in [-0.3, -0.25) is 10.1 Å². The Morgan fingerprint density at radius 1 is 1.39 bits per heavy atom. The number of carbonyl (C=O) groups is 3. The third-order valence-electron chi connectivity index (χ3n) is 1.73. The molecule has 10 heteroatoms. The van der Waals surface area contributed by atoms with E-state index in [1.807, 2.05) is 5.32 Å². The van der Waals surface area contributed by atoms with E-state index in [-0.39, 0.29) is 5.13 Å². The lowest BCUT2D eigenvalue weighted by Crippen LogP contribution is -2.44. The van der Waals surface area contributed by atoms with Crippen molar-refractivity contribution in [3.63, 3.8) is 0 Å². The maximum atomic E-state index is 11.4. The highest BCUT2D eigenvalue weighted by molar-refractivity contribution is 7.09. The second kappa shape index (κ2) is 5.91. The van der Waals surface area contributed by atoms with Crippen LogP contribution in [0.15, 0.2) is 0 Å². The second-order valence-electron chi connectivity index (χ2n) is 3.23. The standard InChI is InChI=1S/C8H10N4O5S/c1-3-9-8(18-12-3)11-7(17)10-4(6(15)16)2-5(13)14/h4H,2H2,1H3,(H,13,14)(H,15,16)(H2,9,10,11,12,17)/t4-/m1/s1. The molecule has 1 heterocycles. The molecule has 1 rings (SSSR count). The van der Waals surface area contributed by atoms with E-state index in [2.05, 4.69) is 14.7 Å². The Labute approximate surface area is 105 Å². The van der Waals surface area contributed by atoms with E-state index in [0.29, 0.717) is 5.82 Å². The minimum Gasteiger partial charge on any atom is -0.481 e. The van der Waals surface area contributed by atoms with Gasteiger partial charge in [0, 0.05) is 11.5 Å². The van der Waals surface area contributed by atoms with Crippen LogP contribution in [0.3, 0.4) is 0 Å². The summed E-state index contributed by atoms with van der Waals surface area (Å²) in [7, 11) is 0. The number of hydrogen-bond donors (Lipinski definition) is 4. The normalized spacial score (nSPS) is 11.6. The number of aryl methyl sites for hydroxylation is 1. The molecular formula is C8H10N4O5S. The molecule has 1 aromatic rings. The molecule has 0 bridgehead atoms. The lowest BCUT2D eigenvalue weighted by atomic mass is 10.2. The third-order valence-corrected chi connectivity index (χ3v) is 2.45. The Kier molecular flexibility index (Phi) is 4.54. The number of nitrogens with zero attached hydrogens (tertiary/aromatic N) is 2. The molecule has 0 unspecified atom stereocenters. The molecule has 0 radical (unpaired) electrons. The van der Waals surface area contributed by atoms with Gasteiger partial charge in [-0.1, -0.05) is 0 Å². The van der Waals surface area contributed by atoms with E-state index < -0.39 is 30.4 Å². The first kappa shape index (κ1) is 13.8. The highest BCUT2D eigenvalue weighted by Gasteiger charge is 2.23. The first-order valence-electron chi connectivity index (χ1n) is 4.71. The van der Waals surface area contributed by atoms with Gasteiger partial charge in [0.1, 0.15) is 11.9 Å². The first-order valence-corrected chi connectivity index (χ1v) is 5.48. The van der Waals surface area contributed by atoms with Crippen LogP contribution in [0.4, 0.5) is 9.93 Å². The average Bonchev–Trinajstić information content (AvgIpc) is 2.62. The summed E-state index contributed by atoms with van der Waals surface area (Å²) in [5.74, 6) is -2.29. The predicted octanol–water partition coefficient (Wildman–Crippen LogP) is -0.104. The first-order chi connectivity index (χ1) is 8.38. The second-order valence-corrected chi connectivity index (χ2v) is 3.99. The predicted molar refractivity (Wildman–Crippen MR) is 60.5 cm³/mol. The van der Waals surface area contributed by atoms with Crippen molar-refractivity contribution < 1.29 is 24.6 Å². The van der Waals surface area contributed by atoms with Gasteiger partial charge in [-0.05, 0) is 6.92 Å². The minimum absolute atomic E-state index is 0.199. The lowest BCUT2D eigenvalue weighted by molar-refractivity contribution is -0.145. The molecule has 0 aliphatic heterocycles. The maximum absolute atomic E-state index is 11.4. The average molecular weight is 274 g/mol. The Bertz CT molecular complexity index is 474. The number of carboxylic acid groups (broad SMARTS) is 2. The molecule has 0 aromatic carbocycles. The largest absolute Gasteiger partial charge is 0.481 e. The molecule has 9 nitrogen and oxygen atoms in total. The van der Waals surface area contributed by atoms with Gasteiger partial charge in [0.15, 0.2) is 0 Å². The number of carboxylic acids is 2. The summed E-state index contributed by atoms with van der Waals surface area (Å²) in [6, 6.07) is -2.35. The van der Waals surface area contributed by atoms with Crippen molar-refractivity contribution >= 4 is 34.6 Å². The van der Waals surface area contributed by atoms with Crippen LogP contribution in [0.5, 0.6) is 0 Å². The number of amides is 2. The van der Waals surface area contributed by atoms with Gasteiger partial charge in [-0.2, -0.15) is 4.37 Å². The molecule has 0 aliphatic rings. The van der Waals surface area contributed by atoms with Crippen molar-refractivity contribution in [3.05, 3.63) is 5.82 Å². The Hall–Kier alpha value is -2.23. The van der Waals surface area contributed by atoms with Crippen LogP contribution >= 0.6 is 11.5 Å². The van der Waals surface area contributed by atoms with Crippen molar-refractivity contribution in [2.45, 2.75) is 19.4 Å². The van der Waals surface area contributed by atoms with E-state index >= 15 is 0 Å². The highest BCUT2D eigenvalue weighted by Crippen LogP contribution is 2.09. The summed E-state index contributed by atoms with van der Waals surface area (Å²) in [6.07, 6.45) is -0.710. The van der Waals surface area contributed by atoms with Crippen LogP contribution in [0.1, 0.15) is 12.2 Å². The third kappa shape index (κ3) is 4.33. The van der Waals surface area contributed by atoms with Gasteiger partial charge >= 0.3 is 18.0 Å². The quantitative estimate of drug-likeness (QED) is 0.587. The molecule has 0 spiro atoms. The van der Waals surface area contributed by atoms with Gasteiger partial charge in [0.2, 0.25) is 5.13 Å². The molecule has 4 N–H and O–H groups in total. The summed E-state index contributed by atoms with van der Waals surface area (Å²) in [6.45, 7) is 1.63. The van der Waals surface area contributed by atoms with E-state index in [1.165, 1.54) is 0 Å². The van der Waals surface area contributed by atoms with Crippen LogP contribution in [0.25, 0.3) is 0 Å². The molecular weight excluding hydrogens is 264 g/mol. The summed E-state index contributed by atoms with van der Waals surface area (Å²) in [5.41, 5.74) is 0. The number of nitrogens with one attached hydrogen (secondary N) is 2. The van der Waals surface area contributed by atoms with Crippen molar-refractivity contribution in [2.24, 2.45) is 0 Å². The molecule has 0 aliphatic carbocycles. The van der Waals surface area contributed by atoms with E-state index in [0.717, 1.165) is 11.5 Å². The maximum Gasteiger partial charge on any atom is 0.326 e. The highest BCUT2D eigenvalue weighted by atomic mass is 32.1. The smallest absolute Gasteiger partial charge is 0.326 e. The van der Waals surface area contributed by atoms with Crippen LogP contribution in [-0.2, 0) is 9.59 Å². The van der Waals surface area contributed by atoms with E-state index in [1.54, 1.807) is 6.92 Å². The van der Waals surface area contributed by atoms with Crippen LogP contribution < -0.4 is 10.6 Å². The molecule has 0 fully saturated rings. The van der Waals surface area contributed by atoms with Gasteiger partial charge in [-0.25, -0.2) is 14.6 Å². The number of carbonyl (C=O) groups excluding carboxylic acids is 1. The summed E-state index contributed by atoms with van der Waals surface area (Å²) in [4.78, 5) is 36.3. The number of aliphatic carboxylic acids is 2. The zero-order chi connectivity index (χ0) is 13.7. The van der Waals surface area contributed by atoms with Gasteiger partial charge < -0.3 is 15.5 Å². The van der Waals surface area contributed by atoms with Crippen molar-refractivity contribution in [3.8, 4) is 0 Å². The Morgan fingerprint density at radius 2 is 2.06 bits per heavy atom. The lowest BCUT2D eigenvalue weighted by Gasteiger charge is -2.11. The fraction of sp³-hybridized carbons (Fsp3) is 0.375. The zero-order valence-corrected chi connectivity index (χ0v) is 10.0. The van der Waals surface area contributed by atoms with Crippen LogP contribution in [-0.4, -0.2) is 43.6 Å². The number of anilines is 1. The molecule has 1 atom stereocenters. The van der Waals surface area contributed by atoms with Crippen LogP contribution in [0, 0.1) is 6.92 Å². The molecule has 98 valence electrons. The monoisotopic (exact) mass is 274 g/mol. The van der Waals surface area contributed by atoms with Gasteiger partial charge in [-0.15, -0.1) is 0 Å². The number of rotatable bonds is 5. The summed E-state index contributed by atoms with van der Waals surface area (Å²) < 4.78 is 3.81. The zero-order valence-electron chi connectivity index (χ0n) is 9.21. The molecule has 0 saturated heterocycles. The fourth-order valence-corrected chi connectivity index (χ4v) is 1.58. The number of aromatic nitrogens is 2. The van der Waals surface area contributed by atoms with Gasteiger partial charge in [0.05, 0.1) is 6.42 Å². The summed E-state index contributed by atoms with van der Waals surface area (Å²) >= 11 is 0.930. The van der Waals surface area contributed by atoms with Gasteiger partial charge in [0.25, 0.3) is 0 Å². The minimum atomic E-state index is -1.50. The van der Waals surface area contributed by atoms with E-state index in [9.17, 15) is 14.4 Å². The molecule has 2 amide bonds. The SMILES string of the molecule is Cc1nsc(NC(=O)N[C@H](CC(=O)O)C(=O)O)n1. The summed E-state index contributed by atoms with van der Waals surface area (Å²) in [5, 5.41) is 21.7. The van der Waals surface area contributed by atoms with Crippen molar-refractivity contribution in [2.75, 3.05) is 5.32 Å². The van der Waals surface area contributed by atoms with E-state index in [4.69, 9.17) is 10.2 Å². The fourth-order valence-electron chi connectivity index (χ4n) is 1.01. The van der Waals surface area contributed by atoms with Crippen LogP contribution in [0.2, 0.25) is 0 Å². The number of hydrogen-bond acceptors (Lipinski definition) is 6. The molecule has 0 saturated carbocycles. The van der Waals surface area contributed by atoms with Crippen molar-refractivity contribution in [1.29, 1.82) is 0 Å². The number of urea groups is 1. The van der Waals surface area contributed by atoms with Crippen molar-refractivity contribution in [1.82, 2.24) is 14.7 Å². The Balaban J connectivity index is 2.56.